The first-order valence-corrected chi connectivity index (χ1v) is 10.9. The fraction of sp³-hybridized carbons (Fsp3) is 0.0833. The van der Waals surface area contributed by atoms with Crippen molar-refractivity contribution < 1.29 is 14.6 Å². The van der Waals surface area contributed by atoms with E-state index < -0.39 is 0 Å². The van der Waals surface area contributed by atoms with E-state index in [0.29, 0.717) is 33.1 Å². The maximum absolute atomic E-state index is 13.2. The molecule has 0 saturated heterocycles. The van der Waals surface area contributed by atoms with Gasteiger partial charge in [-0.1, -0.05) is 36.0 Å². The fourth-order valence-corrected chi connectivity index (χ4v) is 3.92. The van der Waals surface area contributed by atoms with Crippen LogP contribution in [-0.2, 0) is 4.79 Å². The minimum atomic E-state index is -0.361. The number of fused-ring (bicyclic) bond motifs is 1. The van der Waals surface area contributed by atoms with E-state index in [-0.39, 0.29) is 23.0 Å². The van der Waals surface area contributed by atoms with Crippen molar-refractivity contribution in [2.24, 2.45) is 5.10 Å². The second-order valence-corrected chi connectivity index (χ2v) is 7.87. The number of hydrazone groups is 1. The molecular formula is C24H20N4O4S. The van der Waals surface area contributed by atoms with Gasteiger partial charge in [-0.2, -0.15) is 5.10 Å². The van der Waals surface area contributed by atoms with Gasteiger partial charge in [-0.25, -0.2) is 10.4 Å². The molecule has 0 fully saturated rings. The highest BCUT2D eigenvalue weighted by atomic mass is 32.2. The molecule has 2 N–H and O–H groups in total. The average Bonchev–Trinajstić information content (AvgIpc) is 2.83. The van der Waals surface area contributed by atoms with E-state index in [0.717, 1.165) is 11.8 Å². The first kappa shape index (κ1) is 22.1. The van der Waals surface area contributed by atoms with Crippen LogP contribution >= 0.6 is 11.8 Å². The quantitative estimate of drug-likeness (QED) is 0.190. The summed E-state index contributed by atoms with van der Waals surface area (Å²) in [7, 11) is 1.57. The summed E-state index contributed by atoms with van der Waals surface area (Å²) in [6, 6.07) is 20.6. The Morgan fingerprint density at radius 1 is 1.15 bits per heavy atom. The summed E-state index contributed by atoms with van der Waals surface area (Å²) in [4.78, 5) is 30.2. The zero-order valence-electron chi connectivity index (χ0n) is 17.6. The number of rotatable bonds is 7. The fourth-order valence-electron chi connectivity index (χ4n) is 3.11. The van der Waals surface area contributed by atoms with Crippen LogP contribution in [0.4, 0.5) is 0 Å². The molecule has 0 bridgehead atoms. The molecule has 3 aromatic carbocycles. The Hall–Kier alpha value is -4.11. The highest BCUT2D eigenvalue weighted by Crippen LogP contribution is 2.22. The van der Waals surface area contributed by atoms with Crippen LogP contribution in [0, 0.1) is 0 Å². The molecule has 0 atom stereocenters. The van der Waals surface area contributed by atoms with Gasteiger partial charge in [0, 0.05) is 0 Å². The third kappa shape index (κ3) is 5.21. The van der Waals surface area contributed by atoms with E-state index in [2.05, 4.69) is 15.5 Å². The number of carbonyl (C=O) groups is 1. The molecule has 33 heavy (non-hydrogen) atoms. The number of hydrogen-bond donors (Lipinski definition) is 2. The van der Waals surface area contributed by atoms with Crippen LogP contribution in [0.3, 0.4) is 0 Å². The van der Waals surface area contributed by atoms with Crippen molar-refractivity contribution in [1.82, 2.24) is 15.0 Å². The Balaban J connectivity index is 1.57. The Morgan fingerprint density at radius 2 is 1.94 bits per heavy atom. The number of para-hydroxylation sites is 1. The molecule has 8 nitrogen and oxygen atoms in total. The Kier molecular flexibility index (Phi) is 6.70. The molecule has 1 amide bonds. The van der Waals surface area contributed by atoms with Crippen molar-refractivity contribution in [3.8, 4) is 17.2 Å². The van der Waals surface area contributed by atoms with Crippen molar-refractivity contribution in [3.63, 3.8) is 0 Å². The molecule has 0 aliphatic heterocycles. The molecule has 0 aliphatic carbocycles. The molecule has 4 rings (SSSR count). The standard InChI is InChI=1S/C24H20N4O4S/c1-32-19-11-9-17(10-12-19)28-23(31)20-7-2-3-8-21(20)26-24(28)33-15-22(30)27-25-14-16-5-4-6-18(29)13-16/h2-14,29H,15H2,1H3,(H,27,30)/b25-14+. The number of phenols is 1. The lowest BCUT2D eigenvalue weighted by molar-refractivity contribution is -0.118. The number of aromatic hydroxyl groups is 1. The van der Waals surface area contributed by atoms with Gasteiger partial charge in [-0.15, -0.1) is 0 Å². The lowest BCUT2D eigenvalue weighted by Gasteiger charge is -2.13. The zero-order chi connectivity index (χ0) is 23.2. The molecular weight excluding hydrogens is 440 g/mol. The highest BCUT2D eigenvalue weighted by molar-refractivity contribution is 7.99. The van der Waals surface area contributed by atoms with Crippen molar-refractivity contribution in [2.75, 3.05) is 12.9 Å². The van der Waals surface area contributed by atoms with Gasteiger partial charge in [-0.3, -0.25) is 14.2 Å². The van der Waals surface area contributed by atoms with Gasteiger partial charge in [0.05, 0.1) is 35.7 Å². The van der Waals surface area contributed by atoms with E-state index in [9.17, 15) is 14.7 Å². The molecule has 0 aliphatic rings. The number of hydrogen-bond acceptors (Lipinski definition) is 7. The molecule has 0 radical (unpaired) electrons. The highest BCUT2D eigenvalue weighted by Gasteiger charge is 2.15. The number of phenolic OH excluding ortho intramolecular Hbond substituents is 1. The lowest BCUT2D eigenvalue weighted by Crippen LogP contribution is -2.24. The molecule has 1 heterocycles. The van der Waals surface area contributed by atoms with Crippen molar-refractivity contribution in [1.29, 1.82) is 0 Å². The molecule has 4 aromatic rings. The molecule has 1 aromatic heterocycles. The second-order valence-electron chi connectivity index (χ2n) is 6.93. The number of thioether (sulfide) groups is 1. The van der Waals surface area contributed by atoms with Crippen LogP contribution in [-0.4, -0.2) is 39.6 Å². The molecule has 166 valence electrons. The van der Waals surface area contributed by atoms with Crippen molar-refractivity contribution in [3.05, 3.63) is 88.7 Å². The second kappa shape index (κ2) is 10.0. The predicted molar refractivity (Wildman–Crippen MR) is 128 cm³/mol. The normalized spacial score (nSPS) is 11.1. The third-order valence-electron chi connectivity index (χ3n) is 4.68. The van der Waals surface area contributed by atoms with E-state index in [1.165, 1.54) is 16.8 Å². The Labute approximate surface area is 193 Å². The number of benzene rings is 3. The summed E-state index contributed by atoms with van der Waals surface area (Å²) < 4.78 is 6.68. The lowest BCUT2D eigenvalue weighted by atomic mass is 10.2. The van der Waals surface area contributed by atoms with Gasteiger partial charge < -0.3 is 9.84 Å². The number of aromatic nitrogens is 2. The summed E-state index contributed by atoms with van der Waals surface area (Å²) in [6.45, 7) is 0. The summed E-state index contributed by atoms with van der Waals surface area (Å²) in [5.74, 6) is 0.414. The van der Waals surface area contributed by atoms with Crippen LogP contribution in [0.15, 0.2) is 87.8 Å². The van der Waals surface area contributed by atoms with Crippen molar-refractivity contribution >= 4 is 34.8 Å². The van der Waals surface area contributed by atoms with Gasteiger partial charge in [0.2, 0.25) is 0 Å². The number of ether oxygens (including phenoxy) is 1. The first-order chi connectivity index (χ1) is 16.0. The molecule has 9 heteroatoms. The maximum atomic E-state index is 13.2. The van der Waals surface area contributed by atoms with Gasteiger partial charge in [-0.05, 0) is 54.1 Å². The minimum Gasteiger partial charge on any atom is -0.508 e. The molecule has 0 spiro atoms. The average molecular weight is 461 g/mol. The van der Waals surface area contributed by atoms with E-state index in [4.69, 9.17) is 4.74 Å². The van der Waals surface area contributed by atoms with E-state index in [1.54, 1.807) is 67.8 Å². The number of carbonyl (C=O) groups excluding carboxylic acids is 1. The monoisotopic (exact) mass is 460 g/mol. The summed E-state index contributed by atoms with van der Waals surface area (Å²) >= 11 is 1.13. The zero-order valence-corrected chi connectivity index (χ0v) is 18.5. The maximum Gasteiger partial charge on any atom is 0.266 e. The number of methoxy groups -OCH3 is 1. The Bertz CT molecular complexity index is 1380. The van der Waals surface area contributed by atoms with Gasteiger partial charge >= 0.3 is 0 Å². The van der Waals surface area contributed by atoms with Crippen LogP contribution in [0.2, 0.25) is 0 Å². The van der Waals surface area contributed by atoms with Crippen LogP contribution in [0.1, 0.15) is 5.56 Å². The van der Waals surface area contributed by atoms with Crippen LogP contribution in [0.5, 0.6) is 11.5 Å². The third-order valence-corrected chi connectivity index (χ3v) is 5.62. The van der Waals surface area contributed by atoms with Gasteiger partial charge in [0.1, 0.15) is 11.5 Å². The van der Waals surface area contributed by atoms with Gasteiger partial charge in [0.25, 0.3) is 11.5 Å². The van der Waals surface area contributed by atoms with Gasteiger partial charge in [0.15, 0.2) is 5.16 Å². The van der Waals surface area contributed by atoms with Crippen molar-refractivity contribution in [2.45, 2.75) is 5.16 Å². The van der Waals surface area contributed by atoms with Crippen LogP contribution < -0.4 is 15.7 Å². The smallest absolute Gasteiger partial charge is 0.266 e. The van der Waals surface area contributed by atoms with Crippen LogP contribution in [0.25, 0.3) is 16.6 Å². The predicted octanol–water partition coefficient (Wildman–Crippen LogP) is 3.34. The summed E-state index contributed by atoms with van der Waals surface area (Å²) in [5, 5.41) is 14.3. The Morgan fingerprint density at radius 3 is 2.70 bits per heavy atom. The summed E-state index contributed by atoms with van der Waals surface area (Å²) in [5.41, 5.74) is 4.03. The van der Waals surface area contributed by atoms with E-state index in [1.807, 2.05) is 6.07 Å². The molecule has 0 saturated carbocycles. The topological polar surface area (TPSA) is 106 Å². The summed E-state index contributed by atoms with van der Waals surface area (Å²) in [6.07, 6.45) is 1.43. The molecule has 0 unspecified atom stereocenters. The largest absolute Gasteiger partial charge is 0.508 e. The number of nitrogens with one attached hydrogen (secondary N) is 1. The number of amides is 1. The first-order valence-electron chi connectivity index (χ1n) is 9.95. The SMILES string of the molecule is COc1ccc(-n2c(SCC(=O)N/N=C/c3cccc(O)c3)nc3ccccc3c2=O)cc1. The number of nitrogens with zero attached hydrogens (tertiary/aromatic N) is 3. The minimum absolute atomic E-state index is 0.00167. The van der Waals surface area contributed by atoms with E-state index >= 15 is 0 Å².